The predicted molar refractivity (Wildman–Crippen MR) is 207 cm³/mol. The number of aromatic amines is 1. The third kappa shape index (κ3) is 5.47. The van der Waals surface area contributed by atoms with Crippen molar-refractivity contribution in [3.63, 3.8) is 0 Å². The number of H-pyrrole nitrogens is 1. The Morgan fingerprint density at radius 3 is 2.57 bits per heavy atom. The average Bonchev–Trinajstić information content (AvgIpc) is 3.91. The lowest BCUT2D eigenvalue weighted by Gasteiger charge is -2.43. The highest BCUT2D eigenvalue weighted by molar-refractivity contribution is 5.89. The summed E-state index contributed by atoms with van der Waals surface area (Å²) in [5, 5.41) is 36.9. The number of phenolic OH excluding ortho intramolecular Hbond substituents is 2. The molecule has 5 aliphatic rings. The van der Waals surface area contributed by atoms with Crippen LogP contribution in [0.2, 0.25) is 0 Å². The van der Waals surface area contributed by atoms with E-state index in [-0.39, 0.29) is 42.1 Å². The lowest BCUT2D eigenvalue weighted by Crippen LogP contribution is -2.39. The van der Waals surface area contributed by atoms with Gasteiger partial charge in [0, 0.05) is 52.3 Å². The van der Waals surface area contributed by atoms with Gasteiger partial charge in [0.2, 0.25) is 0 Å². The molecule has 278 valence electrons. The summed E-state index contributed by atoms with van der Waals surface area (Å²) in [7, 11) is 1.56. The fraction of sp³-hybridized carbons (Fsp3) is 0.378. The number of hydrogen-bond donors (Lipinski definition) is 5. The highest BCUT2D eigenvalue weighted by Gasteiger charge is 2.44. The van der Waals surface area contributed by atoms with Crippen molar-refractivity contribution < 1.29 is 34.3 Å². The minimum absolute atomic E-state index is 0.0536. The number of allylic oxidation sites excluding steroid dienone is 1. The molecule has 0 saturated heterocycles. The summed E-state index contributed by atoms with van der Waals surface area (Å²) in [5.74, 6) is 2.47. The van der Waals surface area contributed by atoms with Gasteiger partial charge in [-0.2, -0.15) is 0 Å². The molecule has 0 amide bonds. The molecule has 3 heterocycles. The Labute approximate surface area is 314 Å². The molecule has 5 atom stereocenters. The molecule has 10 rings (SSSR count). The van der Waals surface area contributed by atoms with E-state index >= 15 is 0 Å². The van der Waals surface area contributed by atoms with Crippen molar-refractivity contribution in [2.75, 3.05) is 20.4 Å². The summed E-state index contributed by atoms with van der Waals surface area (Å²) in [4.78, 5) is 3.33. The zero-order chi connectivity index (χ0) is 36.5. The monoisotopic (exact) mass is 726 g/mol. The molecule has 2 aliphatic heterocycles. The zero-order valence-electron chi connectivity index (χ0n) is 30.4. The van der Waals surface area contributed by atoms with Gasteiger partial charge >= 0.3 is 0 Å². The van der Waals surface area contributed by atoms with E-state index in [1.807, 2.05) is 18.3 Å². The smallest absolute Gasteiger partial charge is 0.160 e. The van der Waals surface area contributed by atoms with Crippen molar-refractivity contribution in [1.82, 2.24) is 10.3 Å². The molecule has 1 saturated carbocycles. The van der Waals surface area contributed by atoms with Crippen molar-refractivity contribution in [1.29, 1.82) is 0 Å². The second-order valence-electron chi connectivity index (χ2n) is 15.6. The largest absolute Gasteiger partial charge is 0.507 e. The zero-order valence-corrected chi connectivity index (χ0v) is 30.4. The van der Waals surface area contributed by atoms with E-state index in [0.29, 0.717) is 37.8 Å². The topological polar surface area (TPSA) is 125 Å². The lowest BCUT2D eigenvalue weighted by molar-refractivity contribution is -0.0476. The normalized spacial score (nSPS) is 23.9. The van der Waals surface area contributed by atoms with Gasteiger partial charge in [-0.1, -0.05) is 43.2 Å². The maximum atomic E-state index is 11.2. The standard InChI is InChI=1S/C45H46N2O7/c1-51-39-19-26(7-14-38(39)50)43-40(52-23-47-27-4-2-3-5-27)21-35-34-20-33-29(24-6-13-36-25(18-24)16-17-46-36)10-11-30-37(49)15-12-31(41(30)33)42(34)45-32(44(35)54-43)9-8-28(22-48)53-45/h6-7,10-19,27-29,33,40,43,46-50H,2-5,8-9,20-23H2,1H3/t28-,29-,33-,40-,43-/m1/s1. The SMILES string of the molecule is COc1cc([C@H]2Oc3c(c4c(c5c3CC[C@H](CO)O5)-c3ccc(O)c5c3[C@H](C4)[C@@H](c3ccc4[nH]ccc4c3)C=C5)C[C@H]2OCNC2CCCC2)ccc1O. The quantitative estimate of drug-likeness (QED) is 0.102. The number of fused-ring (bicyclic) bond motifs is 8. The Hall–Kier alpha value is -4.96. The van der Waals surface area contributed by atoms with Crippen LogP contribution in [0.4, 0.5) is 0 Å². The van der Waals surface area contributed by atoms with Gasteiger partial charge in [-0.05, 0) is 108 Å². The first kappa shape index (κ1) is 33.6. The number of aliphatic hydroxyl groups excluding tert-OH is 1. The van der Waals surface area contributed by atoms with Crippen LogP contribution < -0.4 is 19.5 Å². The molecule has 0 unspecified atom stereocenters. The Morgan fingerprint density at radius 1 is 0.870 bits per heavy atom. The summed E-state index contributed by atoms with van der Waals surface area (Å²) in [5.41, 5.74) is 10.6. The van der Waals surface area contributed by atoms with Gasteiger partial charge in [-0.3, -0.25) is 5.32 Å². The minimum atomic E-state index is -0.465. The van der Waals surface area contributed by atoms with Crippen LogP contribution in [0, 0.1) is 0 Å². The van der Waals surface area contributed by atoms with E-state index in [1.165, 1.54) is 29.4 Å². The van der Waals surface area contributed by atoms with Crippen molar-refractivity contribution in [3.05, 3.63) is 106 Å². The van der Waals surface area contributed by atoms with Gasteiger partial charge in [0.1, 0.15) is 29.5 Å². The number of rotatable bonds is 8. The Bertz CT molecular complexity index is 2290. The van der Waals surface area contributed by atoms with E-state index in [2.05, 4.69) is 52.8 Å². The Balaban J connectivity index is 1.13. The second-order valence-corrected chi connectivity index (χ2v) is 15.6. The molecule has 1 fully saturated rings. The average molecular weight is 727 g/mol. The molecule has 0 bridgehead atoms. The van der Waals surface area contributed by atoms with Gasteiger partial charge in [-0.25, -0.2) is 0 Å². The Morgan fingerprint density at radius 2 is 1.72 bits per heavy atom. The molecule has 3 aliphatic carbocycles. The number of hydrogen-bond acceptors (Lipinski definition) is 8. The first-order valence-electron chi connectivity index (χ1n) is 19.5. The number of nitrogens with one attached hydrogen (secondary N) is 2. The van der Waals surface area contributed by atoms with Crippen LogP contribution in [0.25, 0.3) is 28.1 Å². The van der Waals surface area contributed by atoms with Crippen molar-refractivity contribution in [2.45, 2.75) is 87.6 Å². The number of benzene rings is 4. The van der Waals surface area contributed by atoms with Gasteiger partial charge in [-0.15, -0.1) is 0 Å². The maximum absolute atomic E-state index is 11.2. The summed E-state index contributed by atoms with van der Waals surface area (Å²) in [6, 6.07) is 18.5. The lowest BCUT2D eigenvalue weighted by atomic mass is 9.65. The number of aromatic nitrogens is 1. The van der Waals surface area contributed by atoms with E-state index in [0.717, 1.165) is 75.2 Å². The summed E-state index contributed by atoms with van der Waals surface area (Å²) < 4.78 is 26.3. The molecule has 5 N–H and O–H groups in total. The highest BCUT2D eigenvalue weighted by Crippen LogP contribution is 2.59. The molecule has 0 radical (unpaired) electrons. The summed E-state index contributed by atoms with van der Waals surface area (Å²) in [6.07, 6.45) is 12.7. The second kappa shape index (κ2) is 13.4. The molecule has 4 aromatic carbocycles. The molecule has 9 nitrogen and oxygen atoms in total. The predicted octanol–water partition coefficient (Wildman–Crippen LogP) is 7.94. The number of aliphatic hydroxyl groups is 1. The number of methoxy groups -OCH3 is 1. The van der Waals surface area contributed by atoms with Crippen LogP contribution in [0.5, 0.6) is 28.7 Å². The molecular formula is C45H46N2O7. The van der Waals surface area contributed by atoms with E-state index in [9.17, 15) is 15.3 Å². The third-order valence-corrected chi connectivity index (χ3v) is 12.7. The van der Waals surface area contributed by atoms with Crippen LogP contribution >= 0.6 is 0 Å². The van der Waals surface area contributed by atoms with E-state index in [1.54, 1.807) is 19.2 Å². The van der Waals surface area contributed by atoms with Gasteiger partial charge in [0.05, 0.1) is 20.4 Å². The number of aromatic hydroxyl groups is 2. The van der Waals surface area contributed by atoms with Crippen LogP contribution in [0.1, 0.15) is 89.0 Å². The van der Waals surface area contributed by atoms with Gasteiger partial charge < -0.3 is 39.3 Å². The summed E-state index contributed by atoms with van der Waals surface area (Å²) >= 11 is 0. The molecule has 1 aromatic heterocycles. The van der Waals surface area contributed by atoms with Crippen molar-refractivity contribution in [2.24, 2.45) is 0 Å². The molecule has 54 heavy (non-hydrogen) atoms. The van der Waals surface area contributed by atoms with Crippen LogP contribution in [0.15, 0.2) is 66.9 Å². The fourth-order valence-electron chi connectivity index (χ4n) is 9.96. The van der Waals surface area contributed by atoms with E-state index in [4.69, 9.17) is 18.9 Å². The number of phenols is 2. The fourth-order valence-corrected chi connectivity index (χ4v) is 9.96. The first-order chi connectivity index (χ1) is 26.5. The Kier molecular flexibility index (Phi) is 8.34. The van der Waals surface area contributed by atoms with Crippen molar-refractivity contribution >= 4 is 17.0 Å². The summed E-state index contributed by atoms with van der Waals surface area (Å²) in [6.45, 7) is 0.339. The van der Waals surface area contributed by atoms with Gasteiger partial charge in [0.25, 0.3) is 0 Å². The molecule has 5 aromatic rings. The third-order valence-electron chi connectivity index (χ3n) is 12.7. The van der Waals surface area contributed by atoms with Gasteiger partial charge in [0.15, 0.2) is 17.6 Å². The minimum Gasteiger partial charge on any atom is -0.507 e. The molecular weight excluding hydrogens is 681 g/mol. The van der Waals surface area contributed by atoms with E-state index < -0.39 is 6.10 Å². The molecule has 9 heteroatoms. The molecule has 0 spiro atoms. The van der Waals surface area contributed by atoms with Crippen LogP contribution in [0.3, 0.4) is 0 Å². The number of ether oxygens (including phenoxy) is 4. The maximum Gasteiger partial charge on any atom is 0.160 e. The van der Waals surface area contributed by atoms with Crippen LogP contribution in [-0.2, 0) is 24.0 Å². The van der Waals surface area contributed by atoms with Crippen LogP contribution in [-0.4, -0.2) is 59.0 Å². The first-order valence-corrected chi connectivity index (χ1v) is 19.5. The van der Waals surface area contributed by atoms with Crippen molar-refractivity contribution in [3.8, 4) is 39.9 Å². The highest BCUT2D eigenvalue weighted by atomic mass is 16.6.